The SMILES string of the molecule is Cc1cc(Cl)ccc1NC(=O)CCNc1c(C)cccc1C. The second-order valence-electron chi connectivity index (χ2n) is 5.45. The number of anilines is 2. The highest BCUT2D eigenvalue weighted by Crippen LogP contribution is 2.21. The Morgan fingerprint density at radius 1 is 1.05 bits per heavy atom. The maximum atomic E-state index is 12.0. The van der Waals surface area contributed by atoms with Gasteiger partial charge in [0, 0.05) is 29.4 Å². The number of carbonyl (C=O) groups excluding carboxylic acids is 1. The molecule has 2 N–H and O–H groups in total. The minimum atomic E-state index is -0.0100. The first-order valence-electron chi connectivity index (χ1n) is 7.33. The summed E-state index contributed by atoms with van der Waals surface area (Å²) in [7, 11) is 0. The predicted octanol–water partition coefficient (Wildman–Crippen LogP) is 4.71. The van der Waals surface area contributed by atoms with Crippen LogP contribution in [0.15, 0.2) is 36.4 Å². The van der Waals surface area contributed by atoms with Gasteiger partial charge < -0.3 is 10.6 Å². The average molecular weight is 317 g/mol. The summed E-state index contributed by atoms with van der Waals surface area (Å²) in [6, 6.07) is 11.6. The molecule has 0 saturated heterocycles. The highest BCUT2D eigenvalue weighted by molar-refractivity contribution is 6.30. The molecular weight excluding hydrogens is 296 g/mol. The van der Waals surface area contributed by atoms with E-state index < -0.39 is 0 Å². The molecule has 2 rings (SSSR count). The molecule has 116 valence electrons. The van der Waals surface area contributed by atoms with Crippen LogP contribution in [0.1, 0.15) is 23.1 Å². The second-order valence-corrected chi connectivity index (χ2v) is 5.89. The first-order valence-corrected chi connectivity index (χ1v) is 7.71. The van der Waals surface area contributed by atoms with Gasteiger partial charge >= 0.3 is 0 Å². The fraction of sp³-hybridized carbons (Fsp3) is 0.278. The number of nitrogens with one attached hydrogen (secondary N) is 2. The van der Waals surface area contributed by atoms with Crippen molar-refractivity contribution in [3.8, 4) is 0 Å². The molecule has 0 radical (unpaired) electrons. The third-order valence-electron chi connectivity index (χ3n) is 3.60. The predicted molar refractivity (Wildman–Crippen MR) is 93.8 cm³/mol. The van der Waals surface area contributed by atoms with Crippen molar-refractivity contribution >= 4 is 28.9 Å². The molecule has 0 aromatic heterocycles. The Labute approximate surface area is 136 Å². The molecule has 0 atom stereocenters. The van der Waals surface area contributed by atoms with Crippen LogP contribution in [0.25, 0.3) is 0 Å². The van der Waals surface area contributed by atoms with E-state index in [1.54, 1.807) is 6.07 Å². The molecule has 0 bridgehead atoms. The Bertz CT molecular complexity index is 663. The summed E-state index contributed by atoms with van der Waals surface area (Å²) in [4.78, 5) is 12.0. The van der Waals surface area contributed by atoms with Crippen molar-refractivity contribution in [3.63, 3.8) is 0 Å². The molecule has 2 aromatic carbocycles. The molecule has 3 nitrogen and oxygen atoms in total. The lowest BCUT2D eigenvalue weighted by Gasteiger charge is -2.13. The second kappa shape index (κ2) is 7.32. The highest BCUT2D eigenvalue weighted by atomic mass is 35.5. The number of aryl methyl sites for hydroxylation is 3. The zero-order valence-electron chi connectivity index (χ0n) is 13.2. The van der Waals surface area contributed by atoms with Crippen LogP contribution in [-0.2, 0) is 4.79 Å². The van der Waals surface area contributed by atoms with E-state index in [0.717, 1.165) is 16.9 Å². The molecule has 0 spiro atoms. The first-order chi connectivity index (χ1) is 10.5. The standard InChI is InChI=1S/C18H21ClN2O/c1-12-5-4-6-13(2)18(12)20-10-9-17(22)21-16-8-7-15(19)11-14(16)3/h4-8,11,20H,9-10H2,1-3H3,(H,21,22). The van der Waals surface area contributed by atoms with Gasteiger partial charge in [-0.05, 0) is 55.7 Å². The molecule has 22 heavy (non-hydrogen) atoms. The van der Waals surface area contributed by atoms with Gasteiger partial charge in [0.15, 0.2) is 0 Å². The summed E-state index contributed by atoms with van der Waals surface area (Å²) in [6.07, 6.45) is 0.413. The van der Waals surface area contributed by atoms with Gasteiger partial charge in [0.05, 0.1) is 0 Å². The molecule has 0 heterocycles. The van der Waals surface area contributed by atoms with E-state index in [0.29, 0.717) is 18.0 Å². The van der Waals surface area contributed by atoms with Crippen LogP contribution < -0.4 is 10.6 Å². The number of halogens is 1. The summed E-state index contributed by atoms with van der Waals surface area (Å²) in [5.41, 5.74) is 5.26. The Balaban J connectivity index is 1.88. The number of benzene rings is 2. The molecule has 4 heteroatoms. The van der Waals surface area contributed by atoms with Crippen molar-refractivity contribution in [3.05, 3.63) is 58.1 Å². The minimum Gasteiger partial charge on any atom is -0.384 e. The van der Waals surface area contributed by atoms with Gasteiger partial charge in [-0.25, -0.2) is 0 Å². The van der Waals surface area contributed by atoms with Gasteiger partial charge in [-0.2, -0.15) is 0 Å². The van der Waals surface area contributed by atoms with Crippen LogP contribution in [0, 0.1) is 20.8 Å². The summed E-state index contributed by atoms with van der Waals surface area (Å²) in [6.45, 7) is 6.65. The molecule has 0 unspecified atom stereocenters. The number of hydrogen-bond donors (Lipinski definition) is 2. The van der Waals surface area contributed by atoms with Crippen molar-refractivity contribution in [2.75, 3.05) is 17.2 Å². The van der Waals surface area contributed by atoms with Crippen molar-refractivity contribution in [2.45, 2.75) is 27.2 Å². The summed E-state index contributed by atoms with van der Waals surface area (Å²) in [5.74, 6) is -0.0100. The lowest BCUT2D eigenvalue weighted by Crippen LogP contribution is -2.17. The van der Waals surface area contributed by atoms with Gasteiger partial charge in [-0.1, -0.05) is 29.8 Å². The third-order valence-corrected chi connectivity index (χ3v) is 3.83. The summed E-state index contributed by atoms with van der Waals surface area (Å²) < 4.78 is 0. The maximum absolute atomic E-state index is 12.0. The number of amides is 1. The molecule has 0 aliphatic carbocycles. The van der Waals surface area contributed by atoms with Crippen molar-refractivity contribution in [1.29, 1.82) is 0 Å². The molecule has 1 amide bonds. The van der Waals surface area contributed by atoms with Crippen LogP contribution in [0.4, 0.5) is 11.4 Å². The van der Waals surface area contributed by atoms with E-state index in [2.05, 4.69) is 36.6 Å². The van der Waals surface area contributed by atoms with E-state index in [1.165, 1.54) is 11.1 Å². The molecular formula is C18H21ClN2O. The van der Waals surface area contributed by atoms with Gasteiger partial charge in [-0.15, -0.1) is 0 Å². The zero-order chi connectivity index (χ0) is 16.1. The smallest absolute Gasteiger partial charge is 0.226 e. The van der Waals surface area contributed by atoms with E-state index >= 15 is 0 Å². The van der Waals surface area contributed by atoms with Gasteiger partial charge in [0.1, 0.15) is 0 Å². The quantitative estimate of drug-likeness (QED) is 0.839. The number of para-hydroxylation sites is 1. The van der Waals surface area contributed by atoms with E-state index in [4.69, 9.17) is 11.6 Å². The third kappa shape index (κ3) is 4.25. The molecule has 0 aliphatic rings. The van der Waals surface area contributed by atoms with Crippen LogP contribution >= 0.6 is 11.6 Å². The Morgan fingerprint density at radius 3 is 2.36 bits per heavy atom. The lowest BCUT2D eigenvalue weighted by molar-refractivity contribution is -0.115. The highest BCUT2D eigenvalue weighted by Gasteiger charge is 2.06. The Morgan fingerprint density at radius 2 is 1.73 bits per heavy atom. The Kier molecular flexibility index (Phi) is 5.45. The van der Waals surface area contributed by atoms with E-state index in [9.17, 15) is 4.79 Å². The van der Waals surface area contributed by atoms with E-state index in [1.807, 2.05) is 25.1 Å². The fourth-order valence-electron chi connectivity index (χ4n) is 2.37. The van der Waals surface area contributed by atoms with Crippen molar-refractivity contribution < 1.29 is 4.79 Å². The van der Waals surface area contributed by atoms with Crippen LogP contribution in [0.2, 0.25) is 5.02 Å². The average Bonchev–Trinajstić information content (AvgIpc) is 2.45. The first kappa shape index (κ1) is 16.4. The monoisotopic (exact) mass is 316 g/mol. The summed E-state index contributed by atoms with van der Waals surface area (Å²) >= 11 is 5.91. The summed E-state index contributed by atoms with van der Waals surface area (Å²) in [5, 5.41) is 6.93. The van der Waals surface area contributed by atoms with Gasteiger partial charge in [0.25, 0.3) is 0 Å². The topological polar surface area (TPSA) is 41.1 Å². The van der Waals surface area contributed by atoms with Gasteiger partial charge in [-0.3, -0.25) is 4.79 Å². The lowest BCUT2D eigenvalue weighted by atomic mass is 10.1. The van der Waals surface area contributed by atoms with Crippen LogP contribution in [0.5, 0.6) is 0 Å². The molecule has 0 saturated carbocycles. The molecule has 2 aromatic rings. The van der Waals surface area contributed by atoms with Gasteiger partial charge in [0.2, 0.25) is 5.91 Å². The zero-order valence-corrected chi connectivity index (χ0v) is 13.9. The molecule has 0 fully saturated rings. The fourth-order valence-corrected chi connectivity index (χ4v) is 2.60. The van der Waals surface area contributed by atoms with E-state index in [-0.39, 0.29) is 5.91 Å². The van der Waals surface area contributed by atoms with Crippen molar-refractivity contribution in [2.24, 2.45) is 0 Å². The minimum absolute atomic E-state index is 0.0100. The number of carbonyl (C=O) groups is 1. The largest absolute Gasteiger partial charge is 0.384 e. The van der Waals surface area contributed by atoms with Crippen LogP contribution in [-0.4, -0.2) is 12.5 Å². The van der Waals surface area contributed by atoms with Crippen LogP contribution in [0.3, 0.4) is 0 Å². The Hall–Kier alpha value is -2.00. The maximum Gasteiger partial charge on any atom is 0.226 e. The molecule has 0 aliphatic heterocycles. The normalized spacial score (nSPS) is 10.4. The van der Waals surface area contributed by atoms with Crippen molar-refractivity contribution in [1.82, 2.24) is 0 Å². The number of hydrogen-bond acceptors (Lipinski definition) is 2. The number of rotatable bonds is 5.